The summed E-state index contributed by atoms with van der Waals surface area (Å²) in [5.74, 6) is 0.567. The van der Waals surface area contributed by atoms with Gasteiger partial charge in [0.05, 0.1) is 0 Å². The van der Waals surface area contributed by atoms with Gasteiger partial charge in [-0.3, -0.25) is 4.79 Å². The van der Waals surface area contributed by atoms with Crippen molar-refractivity contribution in [3.63, 3.8) is 0 Å². The second-order valence-electron chi connectivity index (χ2n) is 4.83. The van der Waals surface area contributed by atoms with Gasteiger partial charge in [-0.1, -0.05) is 6.92 Å². The van der Waals surface area contributed by atoms with Crippen molar-refractivity contribution < 1.29 is 9.53 Å². The van der Waals surface area contributed by atoms with E-state index in [0.29, 0.717) is 12.0 Å². The van der Waals surface area contributed by atoms with Crippen molar-refractivity contribution in [2.24, 2.45) is 5.92 Å². The lowest BCUT2D eigenvalue weighted by molar-refractivity contribution is -0.144. The fourth-order valence-electron chi connectivity index (χ4n) is 2.67. The van der Waals surface area contributed by atoms with Crippen LogP contribution in [0.1, 0.15) is 26.7 Å². The molecule has 16 heavy (non-hydrogen) atoms. The predicted molar refractivity (Wildman–Crippen MR) is 62.2 cm³/mol. The van der Waals surface area contributed by atoms with Crippen LogP contribution in [0.15, 0.2) is 0 Å². The zero-order valence-corrected chi connectivity index (χ0v) is 10.2. The first-order valence-corrected chi connectivity index (χ1v) is 6.36. The molecule has 2 heterocycles. The van der Waals surface area contributed by atoms with Crippen molar-refractivity contribution in [3.05, 3.63) is 0 Å². The molecule has 4 nitrogen and oxygen atoms in total. The van der Waals surface area contributed by atoms with E-state index < -0.39 is 0 Å². The Morgan fingerprint density at radius 3 is 2.81 bits per heavy atom. The molecule has 92 valence electrons. The summed E-state index contributed by atoms with van der Waals surface area (Å²) in [6.07, 6.45) is 1.89. The number of likely N-dealkylation sites (N-methyl/N-ethyl adjacent to an activating group) is 1. The quantitative estimate of drug-likeness (QED) is 0.767. The Morgan fingerprint density at radius 2 is 2.31 bits per heavy atom. The van der Waals surface area contributed by atoms with Gasteiger partial charge in [0.25, 0.3) is 5.91 Å². The van der Waals surface area contributed by atoms with Crippen molar-refractivity contribution in [2.45, 2.75) is 38.8 Å². The van der Waals surface area contributed by atoms with E-state index in [0.717, 1.165) is 39.1 Å². The summed E-state index contributed by atoms with van der Waals surface area (Å²) >= 11 is 0. The Labute approximate surface area is 97.3 Å². The number of nitrogens with one attached hydrogen (secondary N) is 1. The minimum absolute atomic E-state index is 0.194. The lowest BCUT2D eigenvalue weighted by atomic mass is 10.0. The van der Waals surface area contributed by atoms with Gasteiger partial charge in [-0.25, -0.2) is 0 Å². The average molecular weight is 226 g/mol. The molecule has 0 saturated carbocycles. The summed E-state index contributed by atoms with van der Waals surface area (Å²) in [5, 5.41) is 3.31. The van der Waals surface area contributed by atoms with Gasteiger partial charge < -0.3 is 15.0 Å². The molecule has 0 spiro atoms. The zero-order chi connectivity index (χ0) is 11.5. The van der Waals surface area contributed by atoms with E-state index in [-0.39, 0.29) is 12.0 Å². The lowest BCUT2D eigenvalue weighted by Crippen LogP contribution is -2.47. The van der Waals surface area contributed by atoms with Crippen LogP contribution in [-0.4, -0.2) is 49.2 Å². The second kappa shape index (κ2) is 5.15. The van der Waals surface area contributed by atoms with E-state index >= 15 is 0 Å². The van der Waals surface area contributed by atoms with Gasteiger partial charge in [0, 0.05) is 25.7 Å². The molecule has 0 aliphatic carbocycles. The van der Waals surface area contributed by atoms with Crippen LogP contribution in [0.2, 0.25) is 0 Å². The predicted octanol–water partition coefficient (Wildman–Crippen LogP) is 0.622. The summed E-state index contributed by atoms with van der Waals surface area (Å²) in [6.45, 7) is 7.64. The number of ether oxygens (including phenoxy) is 1. The molecule has 2 saturated heterocycles. The number of amides is 1. The molecule has 2 rings (SSSR count). The SMILES string of the molecule is CCN(C(=O)C1OCCC1C)C1CCNC1. The molecule has 0 radical (unpaired) electrons. The number of hydrogen-bond donors (Lipinski definition) is 1. The highest BCUT2D eigenvalue weighted by Gasteiger charge is 2.36. The molecule has 0 aromatic rings. The third-order valence-corrected chi connectivity index (χ3v) is 3.73. The van der Waals surface area contributed by atoms with Crippen LogP contribution < -0.4 is 5.32 Å². The van der Waals surface area contributed by atoms with Gasteiger partial charge in [0.1, 0.15) is 6.10 Å². The Morgan fingerprint density at radius 1 is 1.50 bits per heavy atom. The molecule has 0 bridgehead atoms. The van der Waals surface area contributed by atoms with Crippen LogP contribution in [0.3, 0.4) is 0 Å². The fourth-order valence-corrected chi connectivity index (χ4v) is 2.67. The normalized spacial score (nSPS) is 34.2. The number of carbonyl (C=O) groups is 1. The highest BCUT2D eigenvalue weighted by molar-refractivity contribution is 5.81. The maximum absolute atomic E-state index is 12.3. The zero-order valence-electron chi connectivity index (χ0n) is 10.2. The number of nitrogens with zero attached hydrogens (tertiary/aromatic N) is 1. The van der Waals surface area contributed by atoms with Crippen LogP contribution in [0.5, 0.6) is 0 Å². The minimum atomic E-state index is -0.194. The number of hydrogen-bond acceptors (Lipinski definition) is 3. The summed E-state index contributed by atoms with van der Waals surface area (Å²) in [4.78, 5) is 14.3. The summed E-state index contributed by atoms with van der Waals surface area (Å²) in [5.41, 5.74) is 0. The maximum Gasteiger partial charge on any atom is 0.252 e. The van der Waals surface area contributed by atoms with Gasteiger partial charge in [-0.15, -0.1) is 0 Å². The maximum atomic E-state index is 12.3. The third-order valence-electron chi connectivity index (χ3n) is 3.73. The smallest absolute Gasteiger partial charge is 0.252 e. The van der Waals surface area contributed by atoms with Crippen LogP contribution in [0, 0.1) is 5.92 Å². The monoisotopic (exact) mass is 226 g/mol. The first-order valence-electron chi connectivity index (χ1n) is 6.36. The van der Waals surface area contributed by atoms with E-state index in [1.165, 1.54) is 0 Å². The first kappa shape index (κ1) is 11.9. The Hall–Kier alpha value is -0.610. The highest BCUT2D eigenvalue weighted by Crippen LogP contribution is 2.23. The van der Waals surface area contributed by atoms with Gasteiger partial charge in [0.2, 0.25) is 0 Å². The Kier molecular flexibility index (Phi) is 3.82. The molecule has 3 atom stereocenters. The molecule has 3 unspecified atom stereocenters. The van der Waals surface area contributed by atoms with E-state index in [2.05, 4.69) is 19.2 Å². The molecule has 1 N–H and O–H groups in total. The van der Waals surface area contributed by atoms with Crippen molar-refractivity contribution in [2.75, 3.05) is 26.2 Å². The van der Waals surface area contributed by atoms with Gasteiger partial charge >= 0.3 is 0 Å². The molecule has 0 aromatic carbocycles. The summed E-state index contributed by atoms with van der Waals surface area (Å²) in [6, 6.07) is 0.369. The largest absolute Gasteiger partial charge is 0.368 e. The Bertz CT molecular complexity index is 251. The number of carbonyl (C=O) groups excluding carboxylic acids is 1. The Balaban J connectivity index is 1.99. The summed E-state index contributed by atoms with van der Waals surface area (Å²) in [7, 11) is 0. The van der Waals surface area contributed by atoms with Gasteiger partial charge in [-0.2, -0.15) is 0 Å². The lowest BCUT2D eigenvalue weighted by Gasteiger charge is -2.30. The van der Waals surface area contributed by atoms with Crippen molar-refractivity contribution in [3.8, 4) is 0 Å². The van der Waals surface area contributed by atoms with Crippen LogP contribution >= 0.6 is 0 Å². The standard InChI is InChI=1S/C12H22N2O2/c1-3-14(10-4-6-13-8-10)12(15)11-9(2)5-7-16-11/h9-11,13H,3-8H2,1-2H3. The molecule has 1 amide bonds. The van der Waals surface area contributed by atoms with Crippen LogP contribution in [0.25, 0.3) is 0 Å². The second-order valence-corrected chi connectivity index (χ2v) is 4.83. The molecule has 2 aliphatic rings. The fraction of sp³-hybridized carbons (Fsp3) is 0.917. The molecule has 2 fully saturated rings. The molecule has 0 aromatic heterocycles. The van der Waals surface area contributed by atoms with Gasteiger partial charge in [-0.05, 0) is 32.2 Å². The molecule has 4 heteroatoms. The average Bonchev–Trinajstić information content (AvgIpc) is 2.90. The van der Waals surface area contributed by atoms with Crippen molar-refractivity contribution >= 4 is 5.91 Å². The van der Waals surface area contributed by atoms with Crippen LogP contribution in [-0.2, 0) is 9.53 Å². The third kappa shape index (κ3) is 2.23. The van der Waals surface area contributed by atoms with Crippen LogP contribution in [0.4, 0.5) is 0 Å². The van der Waals surface area contributed by atoms with Crippen molar-refractivity contribution in [1.29, 1.82) is 0 Å². The minimum Gasteiger partial charge on any atom is -0.368 e. The highest BCUT2D eigenvalue weighted by atomic mass is 16.5. The molecular formula is C12H22N2O2. The van der Waals surface area contributed by atoms with Crippen molar-refractivity contribution in [1.82, 2.24) is 10.2 Å². The molecular weight excluding hydrogens is 204 g/mol. The first-order chi connectivity index (χ1) is 7.74. The topological polar surface area (TPSA) is 41.6 Å². The van der Waals surface area contributed by atoms with E-state index in [4.69, 9.17) is 4.74 Å². The molecule has 2 aliphatic heterocycles. The van der Waals surface area contributed by atoms with E-state index in [1.807, 2.05) is 4.90 Å². The van der Waals surface area contributed by atoms with E-state index in [1.54, 1.807) is 0 Å². The number of rotatable bonds is 3. The summed E-state index contributed by atoms with van der Waals surface area (Å²) < 4.78 is 5.56. The van der Waals surface area contributed by atoms with Gasteiger partial charge in [0.15, 0.2) is 0 Å². The van der Waals surface area contributed by atoms with E-state index in [9.17, 15) is 4.79 Å².